The molecule has 3 aromatic rings. The van der Waals surface area contributed by atoms with Crippen LogP contribution in [0.1, 0.15) is 49.4 Å². The fraction of sp³-hybridized carbons (Fsp3) is 0.280. The Morgan fingerprint density at radius 1 is 0.970 bits per heavy atom. The molecule has 2 aromatic carbocycles. The standard InChI is InChI=1S/C25H24N2O6/c1-2-3-4-15-31-20-11-9-18(10-12-20)22-16-21(26-32-22)17-5-7-19(8-6-17)25(30)33-27-23(28)13-14-24(27)29/h5-12,16H,2-4,13-15H2,1H3. The molecule has 2 heterocycles. The Bertz CT molecular complexity index is 1120. The van der Waals surface area contributed by atoms with Crippen LogP contribution in [0.25, 0.3) is 22.6 Å². The first-order valence-corrected chi connectivity index (χ1v) is 10.9. The van der Waals surface area contributed by atoms with Gasteiger partial charge in [0.2, 0.25) is 0 Å². The van der Waals surface area contributed by atoms with E-state index in [-0.39, 0.29) is 18.4 Å². The van der Waals surface area contributed by atoms with E-state index in [2.05, 4.69) is 12.1 Å². The smallest absolute Gasteiger partial charge is 0.363 e. The van der Waals surface area contributed by atoms with Gasteiger partial charge >= 0.3 is 5.97 Å². The highest BCUT2D eigenvalue weighted by atomic mass is 16.7. The molecule has 0 radical (unpaired) electrons. The number of nitrogens with zero attached hydrogens (tertiary/aromatic N) is 2. The van der Waals surface area contributed by atoms with Gasteiger partial charge in [-0.1, -0.05) is 37.1 Å². The highest BCUT2D eigenvalue weighted by molar-refractivity contribution is 6.02. The van der Waals surface area contributed by atoms with Crippen molar-refractivity contribution < 1.29 is 28.5 Å². The summed E-state index contributed by atoms with van der Waals surface area (Å²) in [5.74, 6) is -0.387. The first-order valence-electron chi connectivity index (χ1n) is 10.9. The second-order valence-corrected chi connectivity index (χ2v) is 7.69. The summed E-state index contributed by atoms with van der Waals surface area (Å²) in [6, 6.07) is 15.9. The molecule has 1 aliphatic rings. The molecule has 1 fully saturated rings. The zero-order valence-electron chi connectivity index (χ0n) is 18.3. The number of amides is 2. The van der Waals surface area contributed by atoms with Crippen molar-refractivity contribution >= 4 is 17.8 Å². The van der Waals surface area contributed by atoms with Gasteiger partial charge in [-0.05, 0) is 42.8 Å². The predicted octanol–water partition coefficient (Wildman–Crippen LogP) is 4.80. The number of carbonyl (C=O) groups excluding carboxylic acids is 3. The fourth-order valence-corrected chi connectivity index (χ4v) is 3.38. The quantitative estimate of drug-likeness (QED) is 0.342. The Labute approximate surface area is 191 Å². The normalized spacial score (nSPS) is 13.4. The molecule has 33 heavy (non-hydrogen) atoms. The van der Waals surface area contributed by atoms with Crippen molar-refractivity contribution in [2.45, 2.75) is 39.0 Å². The van der Waals surface area contributed by atoms with Crippen LogP contribution in [0.3, 0.4) is 0 Å². The lowest BCUT2D eigenvalue weighted by molar-refractivity contribution is -0.172. The predicted molar refractivity (Wildman–Crippen MR) is 119 cm³/mol. The third-order valence-corrected chi connectivity index (χ3v) is 5.26. The number of aromatic nitrogens is 1. The number of ether oxygens (including phenoxy) is 1. The summed E-state index contributed by atoms with van der Waals surface area (Å²) < 4.78 is 11.2. The molecule has 1 aliphatic heterocycles. The van der Waals surface area contributed by atoms with Crippen molar-refractivity contribution in [3.63, 3.8) is 0 Å². The summed E-state index contributed by atoms with van der Waals surface area (Å²) in [4.78, 5) is 40.4. The maximum absolute atomic E-state index is 12.2. The second kappa shape index (κ2) is 10.1. The van der Waals surface area contributed by atoms with Gasteiger partial charge in [0.05, 0.1) is 12.2 Å². The van der Waals surface area contributed by atoms with Crippen LogP contribution in [0.2, 0.25) is 0 Å². The maximum Gasteiger partial charge on any atom is 0.363 e. The lowest BCUT2D eigenvalue weighted by Crippen LogP contribution is -2.32. The van der Waals surface area contributed by atoms with Crippen LogP contribution < -0.4 is 4.74 Å². The van der Waals surface area contributed by atoms with Crippen molar-refractivity contribution in [2.24, 2.45) is 0 Å². The molecule has 4 rings (SSSR count). The SMILES string of the molecule is CCCCCOc1ccc(-c2cc(-c3ccc(C(=O)ON4C(=O)CCC4=O)cc3)no2)cc1. The molecule has 0 atom stereocenters. The second-order valence-electron chi connectivity index (χ2n) is 7.69. The number of unbranched alkanes of at least 4 members (excludes halogenated alkanes) is 2. The third kappa shape index (κ3) is 5.28. The van der Waals surface area contributed by atoms with Gasteiger partial charge in [0.1, 0.15) is 11.4 Å². The van der Waals surface area contributed by atoms with Crippen molar-refractivity contribution in [1.29, 1.82) is 0 Å². The van der Waals surface area contributed by atoms with Crippen LogP contribution in [0.15, 0.2) is 59.1 Å². The zero-order chi connectivity index (χ0) is 23.2. The maximum atomic E-state index is 12.2. The largest absolute Gasteiger partial charge is 0.494 e. The van der Waals surface area contributed by atoms with E-state index in [1.807, 2.05) is 30.3 Å². The van der Waals surface area contributed by atoms with Crippen LogP contribution in [0.4, 0.5) is 0 Å². The molecule has 0 N–H and O–H groups in total. The average Bonchev–Trinajstić information content (AvgIpc) is 3.45. The molecule has 8 heteroatoms. The molecular formula is C25H24N2O6. The summed E-state index contributed by atoms with van der Waals surface area (Å²) in [6.45, 7) is 2.86. The minimum atomic E-state index is -0.775. The molecule has 0 unspecified atom stereocenters. The van der Waals surface area contributed by atoms with Crippen LogP contribution >= 0.6 is 0 Å². The highest BCUT2D eigenvalue weighted by Gasteiger charge is 2.33. The minimum Gasteiger partial charge on any atom is -0.494 e. The Morgan fingerprint density at radius 2 is 1.64 bits per heavy atom. The van der Waals surface area contributed by atoms with E-state index in [9.17, 15) is 14.4 Å². The molecule has 1 saturated heterocycles. The molecule has 0 saturated carbocycles. The van der Waals surface area contributed by atoms with Crippen molar-refractivity contribution in [3.8, 4) is 28.3 Å². The summed E-state index contributed by atoms with van der Waals surface area (Å²) in [6.07, 6.45) is 3.44. The number of imide groups is 1. The number of rotatable bonds is 9. The topological polar surface area (TPSA) is 98.9 Å². The van der Waals surface area contributed by atoms with Gasteiger partial charge in [0.15, 0.2) is 5.76 Å². The number of hydrogen-bond donors (Lipinski definition) is 0. The van der Waals surface area contributed by atoms with Gasteiger partial charge in [-0.3, -0.25) is 9.59 Å². The lowest BCUT2D eigenvalue weighted by Gasteiger charge is -2.12. The van der Waals surface area contributed by atoms with Crippen LogP contribution in [-0.2, 0) is 14.4 Å². The summed E-state index contributed by atoms with van der Waals surface area (Å²) >= 11 is 0. The molecule has 0 spiro atoms. The van der Waals surface area contributed by atoms with Crippen LogP contribution in [0.5, 0.6) is 5.75 Å². The van der Waals surface area contributed by atoms with Gasteiger partial charge in [-0.25, -0.2) is 4.79 Å². The Kier molecular flexibility index (Phi) is 6.83. The van der Waals surface area contributed by atoms with E-state index in [0.29, 0.717) is 23.1 Å². The van der Waals surface area contributed by atoms with E-state index in [1.165, 1.54) is 0 Å². The number of benzene rings is 2. The number of carbonyl (C=O) groups is 3. The van der Waals surface area contributed by atoms with E-state index >= 15 is 0 Å². The van der Waals surface area contributed by atoms with E-state index < -0.39 is 17.8 Å². The molecular weight excluding hydrogens is 424 g/mol. The number of hydrogen-bond acceptors (Lipinski definition) is 7. The van der Waals surface area contributed by atoms with Gasteiger partial charge in [-0.2, -0.15) is 0 Å². The first-order chi connectivity index (χ1) is 16.0. The van der Waals surface area contributed by atoms with Gasteiger partial charge in [-0.15, -0.1) is 5.06 Å². The first kappa shape index (κ1) is 22.3. The Balaban J connectivity index is 1.38. The molecule has 170 valence electrons. The van der Waals surface area contributed by atoms with Gasteiger partial charge in [0, 0.05) is 30.0 Å². The Morgan fingerprint density at radius 3 is 2.30 bits per heavy atom. The monoisotopic (exact) mass is 448 g/mol. The molecule has 0 aliphatic carbocycles. The average molecular weight is 448 g/mol. The Hall–Kier alpha value is -3.94. The lowest BCUT2D eigenvalue weighted by atomic mass is 10.1. The van der Waals surface area contributed by atoms with Crippen molar-refractivity contribution in [1.82, 2.24) is 10.2 Å². The van der Waals surface area contributed by atoms with E-state index in [1.54, 1.807) is 24.3 Å². The summed E-state index contributed by atoms with van der Waals surface area (Å²) in [5, 5.41) is 4.64. The van der Waals surface area contributed by atoms with Crippen LogP contribution in [0, 0.1) is 0 Å². The number of hydroxylamine groups is 2. The van der Waals surface area contributed by atoms with E-state index in [0.717, 1.165) is 36.1 Å². The van der Waals surface area contributed by atoms with Gasteiger partial charge in [0.25, 0.3) is 11.8 Å². The summed E-state index contributed by atoms with van der Waals surface area (Å²) in [5.41, 5.74) is 2.43. The third-order valence-electron chi connectivity index (χ3n) is 5.26. The fourth-order valence-electron chi connectivity index (χ4n) is 3.38. The molecule has 0 bridgehead atoms. The zero-order valence-corrected chi connectivity index (χ0v) is 18.3. The highest BCUT2D eigenvalue weighted by Crippen LogP contribution is 2.28. The van der Waals surface area contributed by atoms with E-state index in [4.69, 9.17) is 14.1 Å². The summed E-state index contributed by atoms with van der Waals surface area (Å²) in [7, 11) is 0. The molecule has 2 amide bonds. The van der Waals surface area contributed by atoms with Crippen molar-refractivity contribution in [3.05, 3.63) is 60.2 Å². The molecule has 8 nitrogen and oxygen atoms in total. The van der Waals surface area contributed by atoms with Gasteiger partial charge < -0.3 is 14.1 Å². The molecule has 1 aromatic heterocycles. The minimum absolute atomic E-state index is 0.0499. The van der Waals surface area contributed by atoms with Crippen LogP contribution in [-0.4, -0.2) is 34.6 Å². The van der Waals surface area contributed by atoms with Crippen molar-refractivity contribution in [2.75, 3.05) is 6.61 Å².